The van der Waals surface area contributed by atoms with Gasteiger partial charge in [-0.15, -0.1) is 11.3 Å². The molecule has 118 valence electrons. The van der Waals surface area contributed by atoms with Crippen LogP contribution >= 0.6 is 22.9 Å². The Morgan fingerprint density at radius 1 is 1.39 bits per heavy atom. The van der Waals surface area contributed by atoms with Crippen LogP contribution in [0.2, 0.25) is 5.02 Å². The average Bonchev–Trinajstić information content (AvgIpc) is 3.17. The van der Waals surface area contributed by atoms with E-state index >= 15 is 0 Å². The maximum atomic E-state index is 12.4. The number of rotatable bonds is 5. The topological polar surface area (TPSA) is 70.7 Å². The van der Waals surface area contributed by atoms with Crippen LogP contribution in [0, 0.1) is 6.92 Å². The zero-order valence-electron chi connectivity index (χ0n) is 12.5. The van der Waals surface area contributed by atoms with Crippen LogP contribution in [0.1, 0.15) is 21.1 Å². The zero-order chi connectivity index (χ0) is 16.2. The van der Waals surface area contributed by atoms with E-state index in [1.54, 1.807) is 17.4 Å². The van der Waals surface area contributed by atoms with Gasteiger partial charge in [0.05, 0.1) is 28.2 Å². The molecule has 0 aliphatic carbocycles. The smallest absolute Gasteiger partial charge is 0.255 e. The Balaban J connectivity index is 1.69. The Hall–Kier alpha value is -2.18. The summed E-state index contributed by atoms with van der Waals surface area (Å²) in [4.78, 5) is 16.8. The van der Waals surface area contributed by atoms with E-state index in [-0.39, 0.29) is 5.91 Å². The van der Waals surface area contributed by atoms with Gasteiger partial charge in [-0.05, 0) is 13.0 Å². The molecule has 23 heavy (non-hydrogen) atoms. The number of benzene rings is 1. The molecule has 0 saturated carbocycles. The Bertz CT molecular complexity index is 827. The van der Waals surface area contributed by atoms with Gasteiger partial charge in [-0.2, -0.15) is 5.10 Å². The predicted molar refractivity (Wildman–Crippen MR) is 91.9 cm³/mol. The van der Waals surface area contributed by atoms with Crippen LogP contribution in [0.15, 0.2) is 35.8 Å². The monoisotopic (exact) mass is 346 g/mol. The molecule has 2 aromatic heterocycles. The summed E-state index contributed by atoms with van der Waals surface area (Å²) in [6.45, 7) is 2.49. The highest BCUT2D eigenvalue weighted by molar-refractivity contribution is 7.09. The Kier molecular flexibility index (Phi) is 4.73. The number of amides is 1. The van der Waals surface area contributed by atoms with Gasteiger partial charge < -0.3 is 5.32 Å². The van der Waals surface area contributed by atoms with Gasteiger partial charge in [0.1, 0.15) is 0 Å². The lowest BCUT2D eigenvalue weighted by Crippen LogP contribution is -2.26. The molecule has 0 spiro atoms. The molecule has 5 nitrogen and oxygen atoms in total. The van der Waals surface area contributed by atoms with Crippen molar-refractivity contribution in [2.24, 2.45) is 0 Å². The summed E-state index contributed by atoms with van der Waals surface area (Å²) >= 11 is 7.80. The maximum Gasteiger partial charge on any atom is 0.255 e. The molecular weight excluding hydrogens is 332 g/mol. The minimum absolute atomic E-state index is 0.180. The van der Waals surface area contributed by atoms with E-state index in [2.05, 4.69) is 20.5 Å². The summed E-state index contributed by atoms with van der Waals surface area (Å²) in [5.74, 6) is -0.180. The quantitative estimate of drug-likeness (QED) is 0.743. The van der Waals surface area contributed by atoms with E-state index in [9.17, 15) is 4.79 Å². The summed E-state index contributed by atoms with van der Waals surface area (Å²) in [7, 11) is 0. The van der Waals surface area contributed by atoms with Gasteiger partial charge in [0, 0.05) is 28.9 Å². The number of hydrogen-bond acceptors (Lipinski definition) is 4. The Labute approximate surface area is 142 Å². The molecule has 0 atom stereocenters. The molecule has 2 N–H and O–H groups in total. The van der Waals surface area contributed by atoms with Crippen LogP contribution in [0.4, 0.5) is 0 Å². The van der Waals surface area contributed by atoms with E-state index in [0.29, 0.717) is 29.2 Å². The number of aryl methyl sites for hydroxylation is 1. The van der Waals surface area contributed by atoms with E-state index in [4.69, 9.17) is 11.6 Å². The van der Waals surface area contributed by atoms with Gasteiger partial charge in [0.25, 0.3) is 5.91 Å². The van der Waals surface area contributed by atoms with Crippen molar-refractivity contribution in [3.05, 3.63) is 57.1 Å². The minimum atomic E-state index is -0.180. The van der Waals surface area contributed by atoms with Crippen LogP contribution in [0.3, 0.4) is 0 Å². The number of aromatic nitrogens is 3. The second-order valence-corrected chi connectivity index (χ2v) is 6.47. The minimum Gasteiger partial charge on any atom is -0.352 e. The second kappa shape index (κ2) is 6.93. The third-order valence-electron chi connectivity index (χ3n) is 3.36. The van der Waals surface area contributed by atoms with Crippen molar-refractivity contribution in [1.82, 2.24) is 20.5 Å². The zero-order valence-corrected chi connectivity index (χ0v) is 14.0. The molecule has 0 aliphatic rings. The summed E-state index contributed by atoms with van der Waals surface area (Å²) < 4.78 is 0. The fraction of sp³-hybridized carbons (Fsp3) is 0.188. The van der Waals surface area contributed by atoms with Crippen molar-refractivity contribution >= 4 is 28.8 Å². The Morgan fingerprint density at radius 2 is 2.22 bits per heavy atom. The van der Waals surface area contributed by atoms with E-state index in [1.165, 1.54) is 6.20 Å². The molecule has 0 saturated heterocycles. The number of carbonyl (C=O) groups excluding carboxylic acids is 1. The summed E-state index contributed by atoms with van der Waals surface area (Å²) in [5, 5.41) is 13.3. The van der Waals surface area contributed by atoms with Gasteiger partial charge in [-0.1, -0.05) is 29.8 Å². The van der Waals surface area contributed by atoms with Gasteiger partial charge in [-0.3, -0.25) is 9.89 Å². The lowest BCUT2D eigenvalue weighted by molar-refractivity contribution is 0.0955. The fourth-order valence-electron chi connectivity index (χ4n) is 2.25. The van der Waals surface area contributed by atoms with Crippen LogP contribution in [-0.4, -0.2) is 27.6 Å². The first-order chi connectivity index (χ1) is 11.1. The van der Waals surface area contributed by atoms with Crippen LogP contribution < -0.4 is 5.32 Å². The number of carbonyl (C=O) groups is 1. The van der Waals surface area contributed by atoms with E-state index in [0.717, 1.165) is 16.3 Å². The molecule has 2 heterocycles. The molecule has 1 aromatic carbocycles. The predicted octanol–water partition coefficient (Wildman–Crippen LogP) is 3.47. The summed E-state index contributed by atoms with van der Waals surface area (Å²) in [6.07, 6.45) is 2.22. The third kappa shape index (κ3) is 3.60. The van der Waals surface area contributed by atoms with E-state index < -0.39 is 0 Å². The lowest BCUT2D eigenvalue weighted by atomic mass is 10.1. The first-order valence-corrected chi connectivity index (χ1v) is 8.38. The highest BCUT2D eigenvalue weighted by atomic mass is 35.5. The van der Waals surface area contributed by atoms with Crippen molar-refractivity contribution in [2.75, 3.05) is 6.54 Å². The normalized spacial score (nSPS) is 10.7. The molecule has 3 rings (SSSR count). The maximum absolute atomic E-state index is 12.4. The Morgan fingerprint density at radius 3 is 2.96 bits per heavy atom. The SMILES string of the molecule is Cc1nc(CCNC(=O)c2cn[nH]c2-c2ccccc2Cl)cs1. The highest BCUT2D eigenvalue weighted by Crippen LogP contribution is 2.28. The van der Waals surface area contributed by atoms with Crippen molar-refractivity contribution in [3.8, 4) is 11.3 Å². The number of nitrogens with zero attached hydrogens (tertiary/aromatic N) is 2. The van der Waals surface area contributed by atoms with Crippen molar-refractivity contribution in [3.63, 3.8) is 0 Å². The van der Waals surface area contributed by atoms with E-state index in [1.807, 2.05) is 30.5 Å². The molecular formula is C16H15ClN4OS. The largest absolute Gasteiger partial charge is 0.352 e. The number of H-pyrrole nitrogens is 1. The second-order valence-electron chi connectivity index (χ2n) is 5.00. The van der Waals surface area contributed by atoms with Gasteiger partial charge in [0.2, 0.25) is 0 Å². The van der Waals surface area contributed by atoms with Crippen molar-refractivity contribution in [2.45, 2.75) is 13.3 Å². The third-order valence-corrected chi connectivity index (χ3v) is 4.51. The average molecular weight is 347 g/mol. The fourth-order valence-corrected chi connectivity index (χ4v) is 3.13. The number of nitrogens with one attached hydrogen (secondary N) is 2. The lowest BCUT2D eigenvalue weighted by Gasteiger charge is -2.06. The number of halogens is 1. The van der Waals surface area contributed by atoms with Gasteiger partial charge in [-0.25, -0.2) is 4.98 Å². The standard InChI is InChI=1S/C16H15ClN4OS/c1-10-20-11(9-23-10)6-7-18-16(22)13-8-19-21-15(13)12-4-2-3-5-14(12)17/h2-5,8-9H,6-7H2,1H3,(H,18,22)(H,19,21). The number of aromatic amines is 1. The highest BCUT2D eigenvalue weighted by Gasteiger charge is 2.16. The van der Waals surface area contributed by atoms with Crippen LogP contribution in [0.5, 0.6) is 0 Å². The molecule has 0 aliphatic heterocycles. The van der Waals surface area contributed by atoms with Crippen LogP contribution in [-0.2, 0) is 6.42 Å². The van der Waals surface area contributed by atoms with Gasteiger partial charge in [0.15, 0.2) is 0 Å². The van der Waals surface area contributed by atoms with Crippen molar-refractivity contribution in [1.29, 1.82) is 0 Å². The number of thiazole rings is 1. The molecule has 0 fully saturated rings. The molecule has 3 aromatic rings. The molecule has 1 amide bonds. The molecule has 0 radical (unpaired) electrons. The van der Waals surface area contributed by atoms with Crippen LogP contribution in [0.25, 0.3) is 11.3 Å². The van der Waals surface area contributed by atoms with Crippen molar-refractivity contribution < 1.29 is 4.79 Å². The first-order valence-electron chi connectivity index (χ1n) is 7.12. The molecule has 0 unspecified atom stereocenters. The number of hydrogen-bond donors (Lipinski definition) is 2. The summed E-state index contributed by atoms with van der Waals surface area (Å²) in [5.41, 5.74) is 2.85. The summed E-state index contributed by atoms with van der Waals surface area (Å²) in [6, 6.07) is 7.35. The first kappa shape index (κ1) is 15.7. The van der Waals surface area contributed by atoms with Gasteiger partial charge >= 0.3 is 0 Å². The molecule has 0 bridgehead atoms. The molecule has 7 heteroatoms.